The van der Waals surface area contributed by atoms with Crippen molar-refractivity contribution in [2.24, 2.45) is 0 Å². The lowest BCUT2D eigenvalue weighted by molar-refractivity contribution is 0.669. The second-order valence-electron chi connectivity index (χ2n) is 12.5. The van der Waals surface area contributed by atoms with Crippen LogP contribution < -0.4 is 0 Å². The van der Waals surface area contributed by atoms with Crippen LogP contribution in [0.1, 0.15) is 0 Å². The van der Waals surface area contributed by atoms with Crippen molar-refractivity contribution >= 4 is 43.7 Å². The number of rotatable bonds is 5. The third-order valence-electron chi connectivity index (χ3n) is 9.44. The summed E-state index contributed by atoms with van der Waals surface area (Å²) in [5.74, 6) is 1.86. The molecule has 3 heterocycles. The minimum atomic E-state index is 0.603. The van der Waals surface area contributed by atoms with Gasteiger partial charge in [-0.05, 0) is 41.5 Å². The molecule has 0 saturated carbocycles. The maximum atomic E-state index is 6.65. The number of nitrogens with zero attached hydrogens (tertiary/aromatic N) is 4. The minimum Gasteiger partial charge on any atom is -0.456 e. The highest BCUT2D eigenvalue weighted by atomic mass is 16.3. The quantitative estimate of drug-likeness (QED) is 0.188. The normalized spacial score (nSPS) is 11.6. The molecular weight excluding hydrogens is 613 g/mol. The molecule has 0 saturated heterocycles. The zero-order valence-electron chi connectivity index (χ0n) is 26.9. The van der Waals surface area contributed by atoms with Crippen LogP contribution in [-0.4, -0.2) is 19.5 Å². The Bertz CT molecular complexity index is 2800. The first-order valence-electron chi connectivity index (χ1n) is 16.7. The molecule has 5 heteroatoms. The van der Waals surface area contributed by atoms with Crippen molar-refractivity contribution in [3.05, 3.63) is 170 Å². The van der Waals surface area contributed by atoms with Crippen LogP contribution in [0.4, 0.5) is 0 Å². The largest absolute Gasteiger partial charge is 0.456 e. The highest BCUT2D eigenvalue weighted by molar-refractivity contribution is 6.19. The summed E-state index contributed by atoms with van der Waals surface area (Å²) < 4.78 is 8.99. The average Bonchev–Trinajstić information content (AvgIpc) is 3.72. The molecule has 0 aliphatic heterocycles. The SMILES string of the molecule is c1ccc(-c2cccc(-n3c4ccccc4c4cc5c(cc43)oc3cccc(-c4nc(-c6ccccc6)nc(-c6ccccc6)n4)c35)c2)cc1. The van der Waals surface area contributed by atoms with Crippen molar-refractivity contribution in [1.82, 2.24) is 19.5 Å². The van der Waals surface area contributed by atoms with Gasteiger partial charge >= 0.3 is 0 Å². The number of para-hydroxylation sites is 1. The van der Waals surface area contributed by atoms with E-state index in [2.05, 4.69) is 102 Å². The maximum absolute atomic E-state index is 6.65. The first-order chi connectivity index (χ1) is 24.8. The predicted molar refractivity (Wildman–Crippen MR) is 203 cm³/mol. The van der Waals surface area contributed by atoms with Crippen molar-refractivity contribution in [1.29, 1.82) is 0 Å². The summed E-state index contributed by atoms with van der Waals surface area (Å²) in [4.78, 5) is 15.0. The lowest BCUT2D eigenvalue weighted by Gasteiger charge is -2.10. The van der Waals surface area contributed by atoms with Crippen molar-refractivity contribution < 1.29 is 4.42 Å². The molecular formula is C45H28N4O. The van der Waals surface area contributed by atoms with Crippen LogP contribution >= 0.6 is 0 Å². The number of hydrogen-bond acceptors (Lipinski definition) is 4. The van der Waals surface area contributed by atoms with E-state index in [9.17, 15) is 0 Å². The molecule has 0 N–H and O–H groups in total. The fraction of sp³-hybridized carbons (Fsp3) is 0. The topological polar surface area (TPSA) is 56.7 Å². The standard InChI is InChI=1S/C45H28N4O/c1-4-14-29(15-5-1)32-20-12-21-33(26-32)49-38-24-11-10-22-34(38)36-27-37-41(28-39(36)49)50-40-25-13-23-35(42(37)40)45-47-43(30-16-6-2-7-17-30)46-44(48-45)31-18-8-3-9-19-31/h1-28H. The summed E-state index contributed by atoms with van der Waals surface area (Å²) in [6.45, 7) is 0. The van der Waals surface area contributed by atoms with Crippen LogP contribution in [0, 0.1) is 0 Å². The molecule has 3 aromatic heterocycles. The molecule has 234 valence electrons. The van der Waals surface area contributed by atoms with E-state index >= 15 is 0 Å². The maximum Gasteiger partial charge on any atom is 0.164 e. The Morgan fingerprint density at radius 3 is 1.70 bits per heavy atom. The van der Waals surface area contributed by atoms with E-state index in [1.807, 2.05) is 72.8 Å². The summed E-state index contributed by atoms with van der Waals surface area (Å²) in [5, 5.41) is 4.34. The number of fused-ring (bicyclic) bond motifs is 6. The van der Waals surface area contributed by atoms with E-state index < -0.39 is 0 Å². The van der Waals surface area contributed by atoms with Crippen LogP contribution in [0.5, 0.6) is 0 Å². The molecule has 10 rings (SSSR count). The number of hydrogen-bond donors (Lipinski definition) is 0. The van der Waals surface area contributed by atoms with Crippen LogP contribution in [0.15, 0.2) is 174 Å². The molecule has 0 bridgehead atoms. The van der Waals surface area contributed by atoms with Crippen LogP contribution in [-0.2, 0) is 0 Å². The Labute approximate surface area is 287 Å². The molecule has 0 unspecified atom stereocenters. The fourth-order valence-corrected chi connectivity index (χ4v) is 7.14. The zero-order valence-corrected chi connectivity index (χ0v) is 26.9. The Kier molecular flexibility index (Phi) is 6.42. The minimum absolute atomic E-state index is 0.603. The summed E-state index contributed by atoms with van der Waals surface area (Å²) in [5.41, 5.74) is 10.0. The summed E-state index contributed by atoms with van der Waals surface area (Å²) >= 11 is 0. The second kappa shape index (κ2) is 11.4. The summed E-state index contributed by atoms with van der Waals surface area (Å²) in [6, 6.07) is 58.6. The van der Waals surface area contributed by atoms with Gasteiger partial charge in [0.25, 0.3) is 0 Å². The van der Waals surface area contributed by atoms with E-state index in [-0.39, 0.29) is 0 Å². The van der Waals surface area contributed by atoms with E-state index in [1.54, 1.807) is 0 Å². The van der Waals surface area contributed by atoms with Crippen molar-refractivity contribution in [3.8, 4) is 51.0 Å². The Hall–Kier alpha value is -6.85. The van der Waals surface area contributed by atoms with E-state index in [0.717, 1.165) is 60.7 Å². The van der Waals surface area contributed by atoms with Gasteiger partial charge in [0.15, 0.2) is 17.5 Å². The van der Waals surface area contributed by atoms with E-state index in [1.165, 1.54) is 16.5 Å². The molecule has 0 fully saturated rings. The van der Waals surface area contributed by atoms with Crippen LogP contribution in [0.25, 0.3) is 94.7 Å². The highest BCUT2D eigenvalue weighted by Crippen LogP contribution is 2.41. The smallest absolute Gasteiger partial charge is 0.164 e. The first-order valence-corrected chi connectivity index (χ1v) is 16.7. The zero-order chi connectivity index (χ0) is 33.0. The highest BCUT2D eigenvalue weighted by Gasteiger charge is 2.21. The van der Waals surface area contributed by atoms with E-state index in [0.29, 0.717) is 17.5 Å². The Morgan fingerprint density at radius 2 is 0.980 bits per heavy atom. The van der Waals surface area contributed by atoms with Gasteiger partial charge in [-0.3, -0.25) is 0 Å². The van der Waals surface area contributed by atoms with Gasteiger partial charge in [0.05, 0.1) is 11.0 Å². The monoisotopic (exact) mass is 640 g/mol. The lowest BCUT2D eigenvalue weighted by Crippen LogP contribution is -2.00. The third kappa shape index (κ3) is 4.60. The van der Waals surface area contributed by atoms with Gasteiger partial charge in [0.1, 0.15) is 11.2 Å². The molecule has 0 aliphatic carbocycles. The van der Waals surface area contributed by atoms with Crippen molar-refractivity contribution in [3.63, 3.8) is 0 Å². The molecule has 0 atom stereocenters. The lowest BCUT2D eigenvalue weighted by atomic mass is 10.0. The summed E-state index contributed by atoms with van der Waals surface area (Å²) in [7, 11) is 0. The molecule has 7 aromatic carbocycles. The van der Waals surface area contributed by atoms with Gasteiger partial charge in [0.2, 0.25) is 0 Å². The molecule has 5 nitrogen and oxygen atoms in total. The molecule has 0 radical (unpaired) electrons. The van der Waals surface area contributed by atoms with Gasteiger partial charge in [-0.1, -0.05) is 133 Å². The predicted octanol–water partition coefficient (Wildman–Crippen LogP) is 11.5. The third-order valence-corrected chi connectivity index (χ3v) is 9.44. The molecule has 0 spiro atoms. The first kappa shape index (κ1) is 28.2. The van der Waals surface area contributed by atoms with Crippen molar-refractivity contribution in [2.75, 3.05) is 0 Å². The van der Waals surface area contributed by atoms with Gasteiger partial charge in [-0.25, -0.2) is 15.0 Å². The van der Waals surface area contributed by atoms with Gasteiger partial charge in [-0.2, -0.15) is 0 Å². The van der Waals surface area contributed by atoms with Gasteiger partial charge in [-0.15, -0.1) is 0 Å². The van der Waals surface area contributed by atoms with Crippen LogP contribution in [0.2, 0.25) is 0 Å². The molecule has 10 aromatic rings. The average molecular weight is 641 g/mol. The van der Waals surface area contributed by atoms with Gasteiger partial charge < -0.3 is 8.98 Å². The summed E-state index contributed by atoms with van der Waals surface area (Å²) in [6.07, 6.45) is 0. The fourth-order valence-electron chi connectivity index (χ4n) is 7.14. The molecule has 0 amide bonds. The van der Waals surface area contributed by atoms with Gasteiger partial charge in [0, 0.05) is 50.0 Å². The molecule has 50 heavy (non-hydrogen) atoms. The Morgan fingerprint density at radius 1 is 0.380 bits per heavy atom. The molecule has 0 aliphatic rings. The van der Waals surface area contributed by atoms with Crippen LogP contribution in [0.3, 0.4) is 0 Å². The van der Waals surface area contributed by atoms with E-state index in [4.69, 9.17) is 19.4 Å². The van der Waals surface area contributed by atoms with Crippen molar-refractivity contribution in [2.45, 2.75) is 0 Å². The second-order valence-corrected chi connectivity index (χ2v) is 12.5. The number of benzene rings is 7. The number of furan rings is 1. The number of aromatic nitrogens is 4. The Balaban J connectivity index is 1.22.